The van der Waals surface area contributed by atoms with Crippen LogP contribution in [0, 0.1) is 11.8 Å². The van der Waals surface area contributed by atoms with E-state index in [0.29, 0.717) is 5.92 Å². The highest BCUT2D eigenvalue weighted by atomic mass is 16.3. The Kier molecular flexibility index (Phi) is 4.83. The van der Waals surface area contributed by atoms with Crippen LogP contribution in [0.15, 0.2) is 17.3 Å². The zero-order valence-corrected chi connectivity index (χ0v) is 17.1. The lowest BCUT2D eigenvalue weighted by Gasteiger charge is -2.36. The normalized spacial score (nSPS) is 24.6. The molecule has 5 heteroatoms. The van der Waals surface area contributed by atoms with Crippen molar-refractivity contribution >= 4 is 16.9 Å². The van der Waals surface area contributed by atoms with E-state index >= 15 is 0 Å². The summed E-state index contributed by atoms with van der Waals surface area (Å²) in [6, 6.07) is 2.16. The van der Waals surface area contributed by atoms with E-state index in [1.54, 1.807) is 0 Å². The molecule has 1 fully saturated rings. The largest absolute Gasteiger partial charge is 0.394 e. The van der Waals surface area contributed by atoms with Crippen LogP contribution in [-0.2, 0) is 12.5 Å². The lowest BCUT2D eigenvalue weighted by Crippen LogP contribution is -2.33. The number of aromatic nitrogens is 3. The van der Waals surface area contributed by atoms with Crippen molar-refractivity contribution in [3.05, 3.63) is 23.7 Å². The molecular weight excluding hydrogens is 336 g/mol. The minimum Gasteiger partial charge on any atom is -0.394 e. The minimum absolute atomic E-state index is 0.0174. The van der Waals surface area contributed by atoms with E-state index in [-0.39, 0.29) is 18.1 Å². The second kappa shape index (κ2) is 7.01. The van der Waals surface area contributed by atoms with Gasteiger partial charge in [-0.1, -0.05) is 40.0 Å². The molecule has 2 aromatic heterocycles. The summed E-state index contributed by atoms with van der Waals surface area (Å²) in [4.78, 5) is 14.6. The smallest absolute Gasteiger partial charge is 0.159 e. The Morgan fingerprint density at radius 3 is 2.59 bits per heavy atom. The predicted molar refractivity (Wildman–Crippen MR) is 109 cm³/mol. The Morgan fingerprint density at radius 1 is 1.19 bits per heavy atom. The number of rotatable bonds is 3. The number of aliphatic hydroxyl groups is 1. The summed E-state index contributed by atoms with van der Waals surface area (Å²) in [5, 5.41) is 9.98. The van der Waals surface area contributed by atoms with Crippen molar-refractivity contribution < 1.29 is 5.11 Å². The Bertz CT molecular complexity index is 857. The molecule has 1 aliphatic heterocycles. The van der Waals surface area contributed by atoms with Gasteiger partial charge in [0.05, 0.1) is 24.6 Å². The molecular formula is C22H32N4O. The van der Waals surface area contributed by atoms with E-state index in [4.69, 9.17) is 9.98 Å². The molecule has 0 unspecified atom stereocenters. The van der Waals surface area contributed by atoms with Gasteiger partial charge in [0.25, 0.3) is 0 Å². The van der Waals surface area contributed by atoms with Gasteiger partial charge >= 0.3 is 0 Å². The van der Waals surface area contributed by atoms with Crippen LogP contribution in [0.3, 0.4) is 0 Å². The molecule has 27 heavy (non-hydrogen) atoms. The fourth-order valence-electron chi connectivity index (χ4n) is 4.78. The molecule has 0 bridgehead atoms. The molecule has 0 radical (unpaired) electrons. The highest BCUT2D eigenvalue weighted by Gasteiger charge is 2.34. The van der Waals surface area contributed by atoms with Gasteiger partial charge in [-0.2, -0.15) is 0 Å². The average Bonchev–Trinajstić information content (AvgIpc) is 2.78. The zero-order chi connectivity index (χ0) is 19.2. The summed E-state index contributed by atoms with van der Waals surface area (Å²) in [5.74, 6) is 1.28. The van der Waals surface area contributed by atoms with E-state index in [9.17, 15) is 5.11 Å². The van der Waals surface area contributed by atoms with Gasteiger partial charge < -0.3 is 9.67 Å². The van der Waals surface area contributed by atoms with Gasteiger partial charge in [-0.25, -0.2) is 4.98 Å². The first kappa shape index (κ1) is 18.6. The van der Waals surface area contributed by atoms with Crippen molar-refractivity contribution in [3.8, 4) is 0 Å². The summed E-state index contributed by atoms with van der Waals surface area (Å²) in [5.41, 5.74) is 5.03. The van der Waals surface area contributed by atoms with Gasteiger partial charge in [-0.3, -0.25) is 9.98 Å². The van der Waals surface area contributed by atoms with Gasteiger partial charge in [-0.05, 0) is 37.2 Å². The van der Waals surface area contributed by atoms with Gasteiger partial charge in [0, 0.05) is 18.2 Å². The van der Waals surface area contributed by atoms with E-state index in [2.05, 4.69) is 43.4 Å². The SMILES string of the molecule is Cn1c(C(C)(C)C)cc2ncc(C3=N[C@@H](CO)[C@H](C4CCC4)CCC3)nc21. The third-order valence-corrected chi connectivity index (χ3v) is 6.51. The number of nitrogens with zero attached hydrogens (tertiary/aromatic N) is 4. The molecule has 5 nitrogen and oxygen atoms in total. The molecule has 2 aromatic rings. The van der Waals surface area contributed by atoms with E-state index in [0.717, 1.165) is 47.7 Å². The molecule has 0 saturated heterocycles. The summed E-state index contributed by atoms with van der Waals surface area (Å²) in [6.45, 7) is 6.77. The van der Waals surface area contributed by atoms with Crippen molar-refractivity contribution in [3.63, 3.8) is 0 Å². The molecule has 0 aromatic carbocycles. The Hall–Kier alpha value is -1.75. The van der Waals surface area contributed by atoms with Gasteiger partial charge in [0.1, 0.15) is 11.2 Å². The molecule has 1 saturated carbocycles. The Morgan fingerprint density at radius 2 is 1.96 bits per heavy atom. The lowest BCUT2D eigenvalue weighted by molar-refractivity contribution is 0.131. The standard InChI is InChI=1S/C22H32N4O/c1-22(2,3)20-11-17-21(26(20)4)25-18(12-23-17)16-10-6-9-15(14-7-5-8-14)19(13-27)24-16/h11-12,14-15,19,27H,5-10,13H2,1-4H3/t15-,19-/m0/s1. The molecule has 1 N–H and O–H groups in total. The summed E-state index contributed by atoms with van der Waals surface area (Å²) in [7, 11) is 2.07. The molecule has 0 amide bonds. The minimum atomic E-state index is 0.0174. The number of hydrogen-bond acceptors (Lipinski definition) is 4. The Labute approximate surface area is 161 Å². The molecule has 3 heterocycles. The first-order valence-electron chi connectivity index (χ1n) is 10.4. The van der Waals surface area contributed by atoms with Gasteiger partial charge in [0.15, 0.2) is 5.65 Å². The Balaban J connectivity index is 1.70. The van der Waals surface area contributed by atoms with Crippen LogP contribution in [0.4, 0.5) is 0 Å². The van der Waals surface area contributed by atoms with Crippen molar-refractivity contribution in [2.45, 2.75) is 70.8 Å². The van der Waals surface area contributed by atoms with Crippen molar-refractivity contribution in [2.75, 3.05) is 6.61 Å². The topological polar surface area (TPSA) is 63.3 Å². The van der Waals surface area contributed by atoms with Gasteiger partial charge in [0.2, 0.25) is 0 Å². The third kappa shape index (κ3) is 3.42. The van der Waals surface area contributed by atoms with Crippen LogP contribution in [0.5, 0.6) is 0 Å². The maximum Gasteiger partial charge on any atom is 0.159 e. The fourth-order valence-corrected chi connectivity index (χ4v) is 4.78. The van der Waals surface area contributed by atoms with Crippen LogP contribution >= 0.6 is 0 Å². The molecule has 4 rings (SSSR count). The van der Waals surface area contributed by atoms with E-state index < -0.39 is 0 Å². The zero-order valence-electron chi connectivity index (χ0n) is 17.1. The average molecular weight is 369 g/mol. The predicted octanol–water partition coefficient (Wildman–Crippen LogP) is 4.02. The van der Waals surface area contributed by atoms with Crippen LogP contribution in [-0.4, -0.2) is 38.0 Å². The summed E-state index contributed by atoms with van der Waals surface area (Å²) in [6.07, 6.45) is 9.02. The maximum atomic E-state index is 9.98. The number of hydrogen-bond donors (Lipinski definition) is 1. The van der Waals surface area contributed by atoms with E-state index in [1.807, 2.05) is 6.20 Å². The number of aliphatic hydroxyl groups excluding tert-OH is 1. The fraction of sp³-hybridized carbons (Fsp3) is 0.682. The molecule has 0 spiro atoms. The van der Waals surface area contributed by atoms with Crippen LogP contribution < -0.4 is 0 Å². The quantitative estimate of drug-likeness (QED) is 0.890. The molecule has 1 aliphatic carbocycles. The van der Waals surface area contributed by atoms with Crippen LogP contribution in [0.25, 0.3) is 11.2 Å². The summed E-state index contributed by atoms with van der Waals surface area (Å²) < 4.78 is 2.16. The monoisotopic (exact) mass is 368 g/mol. The number of fused-ring (bicyclic) bond motifs is 1. The number of aliphatic imine (C=N–C) groups is 1. The second-order valence-corrected chi connectivity index (χ2v) is 9.38. The highest BCUT2D eigenvalue weighted by molar-refractivity contribution is 6.00. The highest BCUT2D eigenvalue weighted by Crippen LogP contribution is 2.40. The van der Waals surface area contributed by atoms with Crippen molar-refractivity contribution in [1.29, 1.82) is 0 Å². The van der Waals surface area contributed by atoms with Crippen molar-refractivity contribution in [1.82, 2.24) is 14.5 Å². The first-order valence-corrected chi connectivity index (χ1v) is 10.4. The molecule has 2 aliphatic rings. The van der Waals surface area contributed by atoms with E-state index in [1.165, 1.54) is 25.0 Å². The van der Waals surface area contributed by atoms with Crippen molar-refractivity contribution in [2.24, 2.45) is 23.9 Å². The van der Waals surface area contributed by atoms with Crippen LogP contribution in [0.2, 0.25) is 0 Å². The third-order valence-electron chi connectivity index (χ3n) is 6.51. The maximum absolute atomic E-state index is 9.98. The van der Waals surface area contributed by atoms with Gasteiger partial charge in [-0.15, -0.1) is 0 Å². The lowest BCUT2D eigenvalue weighted by atomic mass is 9.71. The molecule has 2 atom stereocenters. The summed E-state index contributed by atoms with van der Waals surface area (Å²) >= 11 is 0. The second-order valence-electron chi connectivity index (χ2n) is 9.38. The van der Waals surface area contributed by atoms with Crippen LogP contribution in [0.1, 0.15) is 70.7 Å². The molecule has 146 valence electrons. The number of aryl methyl sites for hydroxylation is 1. The first-order chi connectivity index (χ1) is 12.9.